The number of anilines is 2. The van der Waals surface area contributed by atoms with Gasteiger partial charge in [-0.3, -0.25) is 9.78 Å². The van der Waals surface area contributed by atoms with E-state index >= 15 is 0 Å². The average Bonchev–Trinajstić information content (AvgIpc) is 2.68. The highest BCUT2D eigenvalue weighted by molar-refractivity contribution is 7.99. The predicted octanol–water partition coefficient (Wildman–Crippen LogP) is 2.82. The van der Waals surface area contributed by atoms with Crippen molar-refractivity contribution in [3.05, 3.63) is 42.7 Å². The van der Waals surface area contributed by atoms with Gasteiger partial charge in [0, 0.05) is 24.8 Å². The van der Waals surface area contributed by atoms with E-state index in [1.807, 2.05) is 6.07 Å². The molecule has 6 nitrogen and oxygen atoms in total. The number of benzene rings is 1. The molecule has 1 saturated heterocycles. The smallest absolute Gasteiger partial charge is 0.316 e. The molecule has 0 spiro atoms. The molecular weight excluding hydrogens is 336 g/mol. The van der Waals surface area contributed by atoms with Crippen molar-refractivity contribution in [2.75, 3.05) is 36.2 Å². The Labute approximate surface area is 152 Å². The van der Waals surface area contributed by atoms with Crippen molar-refractivity contribution in [1.82, 2.24) is 9.97 Å². The number of thioether (sulfide) groups is 1. The number of para-hydroxylation sites is 1. The van der Waals surface area contributed by atoms with Crippen LogP contribution in [0.4, 0.5) is 11.5 Å². The summed E-state index contributed by atoms with van der Waals surface area (Å²) in [6.07, 6.45) is 5.49. The van der Waals surface area contributed by atoms with E-state index in [0.29, 0.717) is 6.04 Å². The Bertz CT molecular complexity index is 690. The number of rotatable bonds is 6. The Kier molecular flexibility index (Phi) is 6.11. The van der Waals surface area contributed by atoms with E-state index in [2.05, 4.69) is 49.2 Å². The molecule has 0 aliphatic carbocycles. The lowest BCUT2D eigenvalue weighted by Gasteiger charge is -2.34. The van der Waals surface area contributed by atoms with E-state index in [1.165, 1.54) is 24.6 Å². The molecule has 25 heavy (non-hydrogen) atoms. The molecule has 1 aromatic carbocycles. The van der Waals surface area contributed by atoms with Crippen molar-refractivity contribution in [2.24, 2.45) is 0 Å². The molecule has 0 bridgehead atoms. The fourth-order valence-electron chi connectivity index (χ4n) is 2.81. The lowest BCUT2D eigenvalue weighted by molar-refractivity contribution is -0.137. The average molecular weight is 358 g/mol. The Balaban J connectivity index is 1.51. The second-order valence-corrected chi connectivity index (χ2v) is 6.84. The lowest BCUT2D eigenvalue weighted by Crippen LogP contribution is -2.39. The van der Waals surface area contributed by atoms with Crippen molar-refractivity contribution < 1.29 is 9.53 Å². The van der Waals surface area contributed by atoms with Gasteiger partial charge in [-0.1, -0.05) is 30.0 Å². The highest BCUT2D eigenvalue weighted by atomic mass is 32.2. The minimum Gasteiger partial charge on any atom is -0.468 e. The van der Waals surface area contributed by atoms with Crippen LogP contribution in [0, 0.1) is 0 Å². The topological polar surface area (TPSA) is 67.3 Å². The van der Waals surface area contributed by atoms with Gasteiger partial charge in [-0.25, -0.2) is 4.98 Å². The predicted molar refractivity (Wildman–Crippen MR) is 100 cm³/mol. The maximum Gasteiger partial charge on any atom is 0.316 e. The summed E-state index contributed by atoms with van der Waals surface area (Å²) >= 11 is 1.33. The van der Waals surface area contributed by atoms with Gasteiger partial charge in [0.25, 0.3) is 0 Å². The maximum atomic E-state index is 11.2. The molecule has 0 amide bonds. The molecule has 0 unspecified atom stereocenters. The number of ether oxygens (including phenoxy) is 1. The molecule has 3 rings (SSSR count). The monoisotopic (exact) mass is 358 g/mol. The molecule has 1 aliphatic rings. The molecule has 1 N–H and O–H groups in total. The standard InChI is InChI=1S/C18H22N4O2S/c1-24-18(23)13-25-17-12-19-11-16(21-17)20-14-7-9-22(10-8-14)15-5-3-2-4-6-15/h2-6,11-12,14H,7-10,13H2,1H3,(H,20,21). The van der Waals surface area contributed by atoms with Crippen LogP contribution in [0.1, 0.15) is 12.8 Å². The Morgan fingerprint density at radius 1 is 1.28 bits per heavy atom. The van der Waals surface area contributed by atoms with Gasteiger partial charge >= 0.3 is 5.97 Å². The van der Waals surface area contributed by atoms with Crippen LogP contribution in [0.2, 0.25) is 0 Å². The SMILES string of the molecule is COC(=O)CSc1cncc(NC2CCN(c3ccccc3)CC2)n1. The Morgan fingerprint density at radius 2 is 2.04 bits per heavy atom. The first-order valence-corrected chi connectivity index (χ1v) is 9.31. The molecule has 2 heterocycles. The molecule has 1 aromatic heterocycles. The minimum absolute atomic E-state index is 0.240. The number of piperidine rings is 1. The molecule has 1 fully saturated rings. The van der Waals surface area contributed by atoms with Gasteiger partial charge in [0.1, 0.15) is 10.8 Å². The number of aromatic nitrogens is 2. The van der Waals surface area contributed by atoms with Crippen molar-refractivity contribution in [2.45, 2.75) is 23.9 Å². The quantitative estimate of drug-likeness (QED) is 0.629. The summed E-state index contributed by atoms with van der Waals surface area (Å²) in [5.41, 5.74) is 1.28. The maximum absolute atomic E-state index is 11.2. The van der Waals surface area contributed by atoms with Gasteiger partial charge < -0.3 is 15.0 Å². The van der Waals surface area contributed by atoms with Crippen LogP contribution in [0.25, 0.3) is 0 Å². The molecule has 0 radical (unpaired) electrons. The Morgan fingerprint density at radius 3 is 2.76 bits per heavy atom. The molecular formula is C18H22N4O2S. The van der Waals surface area contributed by atoms with E-state index in [1.54, 1.807) is 12.4 Å². The molecule has 0 atom stereocenters. The summed E-state index contributed by atoms with van der Waals surface area (Å²) in [4.78, 5) is 22.4. The number of esters is 1. The van der Waals surface area contributed by atoms with Gasteiger partial charge in [0.05, 0.1) is 25.3 Å². The fraction of sp³-hybridized carbons (Fsp3) is 0.389. The van der Waals surface area contributed by atoms with Gasteiger partial charge in [-0.2, -0.15) is 0 Å². The van der Waals surface area contributed by atoms with Crippen molar-refractivity contribution in [1.29, 1.82) is 0 Å². The second-order valence-electron chi connectivity index (χ2n) is 5.85. The molecule has 7 heteroatoms. The normalized spacial score (nSPS) is 15.0. The highest BCUT2D eigenvalue weighted by Gasteiger charge is 2.19. The molecule has 1 aliphatic heterocycles. The van der Waals surface area contributed by atoms with E-state index in [4.69, 9.17) is 0 Å². The zero-order valence-corrected chi connectivity index (χ0v) is 15.0. The van der Waals surface area contributed by atoms with E-state index in [-0.39, 0.29) is 11.7 Å². The van der Waals surface area contributed by atoms with E-state index < -0.39 is 0 Å². The number of methoxy groups -OCH3 is 1. The van der Waals surface area contributed by atoms with Crippen molar-refractivity contribution >= 4 is 29.2 Å². The van der Waals surface area contributed by atoms with Crippen LogP contribution in [-0.4, -0.2) is 47.9 Å². The summed E-state index contributed by atoms with van der Waals surface area (Å²) in [7, 11) is 1.38. The first-order valence-electron chi connectivity index (χ1n) is 8.33. The number of carbonyl (C=O) groups is 1. The van der Waals surface area contributed by atoms with Crippen LogP contribution >= 0.6 is 11.8 Å². The van der Waals surface area contributed by atoms with Crippen LogP contribution < -0.4 is 10.2 Å². The third-order valence-electron chi connectivity index (χ3n) is 4.15. The summed E-state index contributed by atoms with van der Waals surface area (Å²) in [5, 5.41) is 4.18. The number of hydrogen-bond acceptors (Lipinski definition) is 7. The summed E-state index contributed by atoms with van der Waals surface area (Å²) in [5.74, 6) is 0.732. The fourth-order valence-corrected chi connectivity index (χ4v) is 3.49. The zero-order chi connectivity index (χ0) is 17.5. The third-order valence-corrected chi connectivity index (χ3v) is 5.02. The molecule has 0 saturated carbocycles. The molecule has 2 aromatic rings. The largest absolute Gasteiger partial charge is 0.468 e. The van der Waals surface area contributed by atoms with Crippen LogP contribution in [0.5, 0.6) is 0 Å². The second kappa shape index (κ2) is 8.71. The van der Waals surface area contributed by atoms with Gasteiger partial charge in [-0.05, 0) is 25.0 Å². The van der Waals surface area contributed by atoms with Crippen LogP contribution in [-0.2, 0) is 9.53 Å². The number of nitrogens with zero attached hydrogens (tertiary/aromatic N) is 3. The minimum atomic E-state index is -0.265. The highest BCUT2D eigenvalue weighted by Crippen LogP contribution is 2.22. The van der Waals surface area contributed by atoms with E-state index in [9.17, 15) is 4.79 Å². The first kappa shape index (κ1) is 17.5. The summed E-state index contributed by atoms with van der Waals surface area (Å²) < 4.78 is 4.64. The number of carbonyl (C=O) groups excluding carboxylic acids is 1. The number of hydrogen-bond donors (Lipinski definition) is 1. The van der Waals surface area contributed by atoms with Crippen molar-refractivity contribution in [3.8, 4) is 0 Å². The van der Waals surface area contributed by atoms with Gasteiger partial charge in [0.15, 0.2) is 0 Å². The van der Waals surface area contributed by atoms with Gasteiger partial charge in [0.2, 0.25) is 0 Å². The lowest BCUT2D eigenvalue weighted by atomic mass is 10.0. The van der Waals surface area contributed by atoms with E-state index in [0.717, 1.165) is 36.8 Å². The zero-order valence-electron chi connectivity index (χ0n) is 14.2. The van der Waals surface area contributed by atoms with Crippen LogP contribution in [0.15, 0.2) is 47.8 Å². The van der Waals surface area contributed by atoms with Crippen LogP contribution in [0.3, 0.4) is 0 Å². The Hall–Kier alpha value is -2.28. The first-order chi connectivity index (χ1) is 12.2. The van der Waals surface area contributed by atoms with Gasteiger partial charge in [-0.15, -0.1) is 0 Å². The summed E-state index contributed by atoms with van der Waals surface area (Å²) in [6, 6.07) is 10.9. The third kappa shape index (κ3) is 5.09. The number of nitrogens with one attached hydrogen (secondary N) is 1. The van der Waals surface area contributed by atoms with Crippen molar-refractivity contribution in [3.63, 3.8) is 0 Å². The summed E-state index contributed by atoms with van der Waals surface area (Å²) in [6.45, 7) is 2.04. The molecule has 132 valence electrons.